The highest BCUT2D eigenvalue weighted by atomic mass is 32.2. The second-order valence-corrected chi connectivity index (χ2v) is 7.87. The molecule has 2 N–H and O–H groups in total. The van der Waals surface area contributed by atoms with Gasteiger partial charge >= 0.3 is 0 Å². The first-order valence-electron chi connectivity index (χ1n) is 9.08. The number of amides is 3. The van der Waals surface area contributed by atoms with E-state index in [1.807, 2.05) is 12.1 Å². The first kappa shape index (κ1) is 19.9. The lowest BCUT2D eigenvalue weighted by atomic mass is 10.1. The molecule has 1 aliphatic carbocycles. The highest BCUT2D eigenvalue weighted by Gasteiger charge is 2.24. The van der Waals surface area contributed by atoms with E-state index >= 15 is 0 Å². The van der Waals surface area contributed by atoms with Gasteiger partial charge in [0.2, 0.25) is 5.91 Å². The Kier molecular flexibility index (Phi) is 6.36. The molecular formula is C21H23N3O3S. The average Bonchev–Trinajstić information content (AvgIpc) is 3.50. The molecule has 7 heteroatoms. The summed E-state index contributed by atoms with van der Waals surface area (Å²) in [6, 6.07) is 14.3. The van der Waals surface area contributed by atoms with Gasteiger partial charge in [-0.2, -0.15) is 0 Å². The predicted octanol–water partition coefficient (Wildman–Crippen LogP) is 3.01. The van der Waals surface area contributed by atoms with Gasteiger partial charge in [0.15, 0.2) is 0 Å². The van der Waals surface area contributed by atoms with Crippen LogP contribution in [0.3, 0.4) is 0 Å². The highest BCUT2D eigenvalue weighted by molar-refractivity contribution is 8.00. The summed E-state index contributed by atoms with van der Waals surface area (Å²) in [5.74, 6) is -0.166. The van der Waals surface area contributed by atoms with Crippen LogP contribution in [0.15, 0.2) is 53.4 Å². The third-order valence-electron chi connectivity index (χ3n) is 4.28. The molecule has 0 atom stereocenters. The fraction of sp³-hybridized carbons (Fsp3) is 0.286. The van der Waals surface area contributed by atoms with Crippen LogP contribution in [-0.2, 0) is 4.79 Å². The summed E-state index contributed by atoms with van der Waals surface area (Å²) in [6.45, 7) is 0. The van der Waals surface area contributed by atoms with Gasteiger partial charge in [0.25, 0.3) is 11.8 Å². The summed E-state index contributed by atoms with van der Waals surface area (Å²) in [4.78, 5) is 39.1. The van der Waals surface area contributed by atoms with Crippen molar-refractivity contribution >= 4 is 35.2 Å². The third kappa shape index (κ3) is 5.36. The Balaban J connectivity index is 1.69. The van der Waals surface area contributed by atoms with Crippen molar-refractivity contribution in [1.29, 1.82) is 0 Å². The van der Waals surface area contributed by atoms with Crippen LogP contribution in [0, 0.1) is 0 Å². The van der Waals surface area contributed by atoms with Crippen molar-refractivity contribution in [2.45, 2.75) is 23.8 Å². The maximum absolute atomic E-state index is 12.8. The zero-order valence-corrected chi connectivity index (χ0v) is 16.7. The Morgan fingerprint density at radius 3 is 2.50 bits per heavy atom. The molecule has 0 radical (unpaired) electrons. The second kappa shape index (κ2) is 8.93. The Morgan fingerprint density at radius 1 is 1.04 bits per heavy atom. The van der Waals surface area contributed by atoms with Crippen molar-refractivity contribution in [1.82, 2.24) is 10.2 Å². The van der Waals surface area contributed by atoms with Crippen LogP contribution in [0.25, 0.3) is 0 Å². The molecule has 0 unspecified atom stereocenters. The number of carbonyl (C=O) groups excluding carboxylic acids is 3. The molecule has 0 aromatic heterocycles. The molecule has 3 amide bonds. The normalized spacial score (nSPS) is 12.9. The lowest BCUT2D eigenvalue weighted by Crippen LogP contribution is -2.25. The van der Waals surface area contributed by atoms with Gasteiger partial charge in [0.1, 0.15) is 0 Å². The van der Waals surface area contributed by atoms with Gasteiger partial charge in [0, 0.05) is 36.3 Å². The predicted molar refractivity (Wildman–Crippen MR) is 111 cm³/mol. The van der Waals surface area contributed by atoms with Crippen LogP contribution in [-0.4, -0.2) is 48.5 Å². The van der Waals surface area contributed by atoms with Gasteiger partial charge in [-0.3, -0.25) is 14.4 Å². The lowest BCUT2D eigenvalue weighted by Gasteiger charge is -2.12. The van der Waals surface area contributed by atoms with Gasteiger partial charge in [-0.1, -0.05) is 18.2 Å². The van der Waals surface area contributed by atoms with E-state index < -0.39 is 0 Å². The summed E-state index contributed by atoms with van der Waals surface area (Å²) < 4.78 is 0. The van der Waals surface area contributed by atoms with Crippen LogP contribution < -0.4 is 10.6 Å². The molecule has 1 fully saturated rings. The molecule has 6 nitrogen and oxygen atoms in total. The number of nitrogens with zero attached hydrogens (tertiary/aromatic N) is 1. The number of benzene rings is 2. The van der Waals surface area contributed by atoms with Crippen LogP contribution in [0.1, 0.15) is 33.6 Å². The Bertz CT molecular complexity index is 894. The number of hydrogen-bond donors (Lipinski definition) is 2. The van der Waals surface area contributed by atoms with Crippen molar-refractivity contribution in [2.75, 3.05) is 25.2 Å². The van der Waals surface area contributed by atoms with E-state index in [2.05, 4.69) is 10.6 Å². The van der Waals surface area contributed by atoms with Gasteiger partial charge in [0.05, 0.1) is 11.3 Å². The highest BCUT2D eigenvalue weighted by Crippen LogP contribution is 2.24. The standard InChI is InChI=1S/C21H23N3O3S/c1-24(2)19(25)13-28-18-9-4-3-8-17(18)21(27)23-16-7-5-6-14(12-16)20(26)22-15-10-11-15/h3-9,12,15H,10-11,13H2,1-2H3,(H,22,26)(H,23,27). The molecule has 146 valence electrons. The van der Waals surface area contributed by atoms with Crippen LogP contribution in [0.5, 0.6) is 0 Å². The molecular weight excluding hydrogens is 374 g/mol. The summed E-state index contributed by atoms with van der Waals surface area (Å²) >= 11 is 1.33. The maximum Gasteiger partial charge on any atom is 0.256 e. The van der Waals surface area contributed by atoms with Crippen molar-refractivity contribution in [3.63, 3.8) is 0 Å². The first-order valence-corrected chi connectivity index (χ1v) is 10.1. The fourth-order valence-corrected chi connectivity index (χ4v) is 3.51. The largest absolute Gasteiger partial charge is 0.349 e. The van der Waals surface area contributed by atoms with Gasteiger partial charge in [-0.05, 0) is 43.2 Å². The van der Waals surface area contributed by atoms with Crippen molar-refractivity contribution < 1.29 is 14.4 Å². The van der Waals surface area contributed by atoms with E-state index in [1.165, 1.54) is 16.7 Å². The van der Waals surface area contributed by atoms with Crippen LogP contribution in [0.4, 0.5) is 5.69 Å². The van der Waals surface area contributed by atoms with Crippen molar-refractivity contribution in [3.05, 3.63) is 59.7 Å². The molecule has 1 aliphatic rings. The molecule has 0 heterocycles. The van der Waals surface area contributed by atoms with E-state index in [0.717, 1.165) is 17.7 Å². The van der Waals surface area contributed by atoms with Crippen LogP contribution in [0.2, 0.25) is 0 Å². The molecule has 0 bridgehead atoms. The number of anilines is 1. The molecule has 2 aromatic carbocycles. The van der Waals surface area contributed by atoms with Crippen LogP contribution >= 0.6 is 11.8 Å². The molecule has 28 heavy (non-hydrogen) atoms. The number of hydrogen-bond acceptors (Lipinski definition) is 4. The number of rotatable bonds is 7. The van der Waals surface area contributed by atoms with E-state index in [-0.39, 0.29) is 29.5 Å². The zero-order valence-electron chi connectivity index (χ0n) is 15.9. The minimum atomic E-state index is -0.278. The third-order valence-corrected chi connectivity index (χ3v) is 5.34. The molecule has 0 aliphatic heterocycles. The number of nitrogens with one attached hydrogen (secondary N) is 2. The number of carbonyl (C=O) groups is 3. The Hall–Kier alpha value is -2.80. The second-order valence-electron chi connectivity index (χ2n) is 6.86. The smallest absolute Gasteiger partial charge is 0.256 e. The molecule has 1 saturated carbocycles. The SMILES string of the molecule is CN(C)C(=O)CSc1ccccc1C(=O)Nc1cccc(C(=O)NC2CC2)c1. The van der Waals surface area contributed by atoms with E-state index in [4.69, 9.17) is 0 Å². The summed E-state index contributed by atoms with van der Waals surface area (Å²) in [7, 11) is 3.40. The van der Waals surface area contributed by atoms with E-state index in [1.54, 1.807) is 50.5 Å². The maximum atomic E-state index is 12.8. The summed E-state index contributed by atoms with van der Waals surface area (Å²) in [5, 5.41) is 5.78. The molecule has 0 saturated heterocycles. The minimum absolute atomic E-state index is 0.0189. The summed E-state index contributed by atoms with van der Waals surface area (Å²) in [5.41, 5.74) is 1.56. The average molecular weight is 398 g/mol. The Morgan fingerprint density at radius 2 is 1.79 bits per heavy atom. The molecule has 2 aromatic rings. The monoisotopic (exact) mass is 397 g/mol. The number of thioether (sulfide) groups is 1. The minimum Gasteiger partial charge on any atom is -0.349 e. The van der Waals surface area contributed by atoms with E-state index in [9.17, 15) is 14.4 Å². The van der Waals surface area contributed by atoms with Crippen molar-refractivity contribution in [2.24, 2.45) is 0 Å². The molecule has 3 rings (SSSR count). The topological polar surface area (TPSA) is 78.5 Å². The Labute approximate surface area is 168 Å². The first-order chi connectivity index (χ1) is 13.4. The quantitative estimate of drug-likeness (QED) is 0.704. The molecule has 0 spiro atoms. The summed E-state index contributed by atoms with van der Waals surface area (Å²) in [6.07, 6.45) is 2.04. The van der Waals surface area contributed by atoms with Crippen molar-refractivity contribution in [3.8, 4) is 0 Å². The fourth-order valence-electron chi connectivity index (χ4n) is 2.48. The van der Waals surface area contributed by atoms with E-state index in [0.29, 0.717) is 16.8 Å². The van der Waals surface area contributed by atoms with Gasteiger partial charge in [-0.15, -0.1) is 11.8 Å². The van der Waals surface area contributed by atoms with Gasteiger partial charge in [-0.25, -0.2) is 0 Å². The lowest BCUT2D eigenvalue weighted by molar-refractivity contribution is -0.125. The zero-order chi connectivity index (χ0) is 20.1. The van der Waals surface area contributed by atoms with Gasteiger partial charge < -0.3 is 15.5 Å².